The van der Waals surface area contributed by atoms with Gasteiger partial charge in [-0.05, 0) is 62.5 Å². The summed E-state index contributed by atoms with van der Waals surface area (Å²) in [5.41, 5.74) is 1.03. The average Bonchev–Trinajstić information content (AvgIpc) is 3.13. The van der Waals surface area contributed by atoms with Crippen molar-refractivity contribution in [2.24, 2.45) is 0 Å². The Balaban J connectivity index is 1.76. The predicted molar refractivity (Wildman–Crippen MR) is 87.2 cm³/mol. The van der Waals surface area contributed by atoms with Gasteiger partial charge < -0.3 is 10.2 Å². The van der Waals surface area contributed by atoms with Crippen LogP contribution in [0.2, 0.25) is 0 Å². The van der Waals surface area contributed by atoms with E-state index in [1.165, 1.54) is 24.2 Å². The van der Waals surface area contributed by atoms with Crippen LogP contribution in [0.1, 0.15) is 31.7 Å². The highest BCUT2D eigenvalue weighted by Crippen LogP contribution is 2.20. The van der Waals surface area contributed by atoms with Crippen molar-refractivity contribution in [3.8, 4) is 0 Å². The van der Waals surface area contributed by atoms with E-state index in [1.54, 1.807) is 6.07 Å². The van der Waals surface area contributed by atoms with Crippen molar-refractivity contribution in [3.63, 3.8) is 0 Å². The van der Waals surface area contributed by atoms with E-state index < -0.39 is 10.0 Å². The van der Waals surface area contributed by atoms with Crippen molar-refractivity contribution in [1.82, 2.24) is 14.9 Å². The zero-order valence-corrected chi connectivity index (χ0v) is 14.2. The fourth-order valence-electron chi connectivity index (χ4n) is 2.44. The molecule has 1 aliphatic heterocycles. The van der Waals surface area contributed by atoms with Crippen LogP contribution in [-0.4, -0.2) is 46.0 Å². The average molecular weight is 332 g/mol. The summed E-state index contributed by atoms with van der Waals surface area (Å²) < 4.78 is 27.5. The van der Waals surface area contributed by atoms with Crippen LogP contribution in [0.15, 0.2) is 15.7 Å². The molecule has 0 spiro atoms. The highest BCUT2D eigenvalue weighted by Gasteiger charge is 2.16. The smallest absolute Gasteiger partial charge is 0.250 e. The standard InChI is InChI=1S/C14H25N3O2S2/c1-2-15-11-13-10-14(20-12-13)21(18,19)16-6-5-9-17-7-3-4-8-17/h10,12,15-16H,2-9,11H2,1H3. The molecule has 0 saturated carbocycles. The molecule has 1 aromatic rings. The van der Waals surface area contributed by atoms with Gasteiger partial charge in [-0.1, -0.05) is 6.92 Å². The van der Waals surface area contributed by atoms with Gasteiger partial charge in [-0.15, -0.1) is 11.3 Å². The number of rotatable bonds is 9. The molecular formula is C14H25N3O2S2. The molecule has 2 heterocycles. The lowest BCUT2D eigenvalue weighted by Gasteiger charge is -2.14. The van der Waals surface area contributed by atoms with E-state index in [-0.39, 0.29) is 0 Å². The van der Waals surface area contributed by atoms with Crippen LogP contribution < -0.4 is 10.0 Å². The molecule has 5 nitrogen and oxygen atoms in total. The minimum atomic E-state index is -3.34. The maximum Gasteiger partial charge on any atom is 0.250 e. The number of sulfonamides is 1. The Morgan fingerprint density at radius 3 is 2.81 bits per heavy atom. The Hall–Kier alpha value is -0.470. The van der Waals surface area contributed by atoms with E-state index in [9.17, 15) is 8.42 Å². The van der Waals surface area contributed by atoms with E-state index in [4.69, 9.17) is 0 Å². The molecule has 0 unspecified atom stereocenters. The van der Waals surface area contributed by atoms with Crippen LogP contribution in [0.3, 0.4) is 0 Å². The number of thiophene rings is 1. The van der Waals surface area contributed by atoms with Crippen molar-refractivity contribution >= 4 is 21.4 Å². The topological polar surface area (TPSA) is 61.4 Å². The molecule has 1 fully saturated rings. The SMILES string of the molecule is CCNCc1csc(S(=O)(=O)NCCCN2CCCC2)c1. The lowest BCUT2D eigenvalue weighted by Crippen LogP contribution is -2.28. The normalized spacial score (nSPS) is 16.6. The predicted octanol–water partition coefficient (Wildman–Crippen LogP) is 1.62. The summed E-state index contributed by atoms with van der Waals surface area (Å²) in [7, 11) is -3.34. The molecule has 1 saturated heterocycles. The van der Waals surface area contributed by atoms with Crippen LogP contribution >= 0.6 is 11.3 Å². The van der Waals surface area contributed by atoms with Gasteiger partial charge in [0.2, 0.25) is 10.0 Å². The fourth-order valence-corrected chi connectivity index (χ4v) is 4.77. The van der Waals surface area contributed by atoms with Crippen LogP contribution in [-0.2, 0) is 16.6 Å². The Labute approximate surface area is 131 Å². The molecule has 2 N–H and O–H groups in total. The van der Waals surface area contributed by atoms with E-state index in [1.807, 2.05) is 12.3 Å². The summed E-state index contributed by atoms with van der Waals surface area (Å²) >= 11 is 1.29. The van der Waals surface area contributed by atoms with Crippen molar-refractivity contribution < 1.29 is 8.42 Å². The third-order valence-corrected chi connectivity index (χ3v) is 6.56. The third-order valence-electron chi connectivity index (χ3n) is 3.62. The second-order valence-corrected chi connectivity index (χ2v) is 8.26. The summed E-state index contributed by atoms with van der Waals surface area (Å²) in [5.74, 6) is 0. The lowest BCUT2D eigenvalue weighted by atomic mass is 10.3. The number of nitrogens with zero attached hydrogens (tertiary/aromatic N) is 1. The van der Waals surface area contributed by atoms with Gasteiger partial charge in [0, 0.05) is 13.1 Å². The zero-order valence-electron chi connectivity index (χ0n) is 12.6. The zero-order chi connectivity index (χ0) is 15.1. The van der Waals surface area contributed by atoms with Gasteiger partial charge in [0.25, 0.3) is 0 Å². The Morgan fingerprint density at radius 2 is 2.10 bits per heavy atom. The molecule has 0 aromatic carbocycles. The quantitative estimate of drug-likeness (QED) is 0.675. The molecular weight excluding hydrogens is 306 g/mol. The minimum absolute atomic E-state index is 0.413. The first-order valence-electron chi connectivity index (χ1n) is 7.62. The first-order chi connectivity index (χ1) is 10.1. The van der Waals surface area contributed by atoms with E-state index >= 15 is 0 Å². The van der Waals surface area contributed by atoms with Gasteiger partial charge in [0.1, 0.15) is 4.21 Å². The molecule has 7 heteroatoms. The van der Waals surface area contributed by atoms with Crippen molar-refractivity contribution in [2.75, 3.05) is 32.7 Å². The minimum Gasteiger partial charge on any atom is -0.313 e. The maximum atomic E-state index is 12.2. The molecule has 0 aliphatic carbocycles. The van der Waals surface area contributed by atoms with Crippen LogP contribution in [0.5, 0.6) is 0 Å². The Bertz CT molecular complexity index is 522. The maximum absolute atomic E-state index is 12.2. The van der Waals surface area contributed by atoms with E-state index in [0.717, 1.165) is 44.7 Å². The molecule has 0 radical (unpaired) electrons. The molecule has 2 rings (SSSR count). The number of nitrogens with one attached hydrogen (secondary N) is 2. The van der Waals surface area contributed by atoms with Gasteiger partial charge >= 0.3 is 0 Å². The molecule has 0 atom stereocenters. The number of likely N-dealkylation sites (tertiary alicyclic amines) is 1. The summed E-state index contributed by atoms with van der Waals surface area (Å²) in [5, 5.41) is 5.10. The third kappa shape index (κ3) is 5.34. The monoisotopic (exact) mass is 331 g/mol. The summed E-state index contributed by atoms with van der Waals surface area (Å²) in [6.45, 7) is 7.45. The Morgan fingerprint density at radius 1 is 1.33 bits per heavy atom. The molecule has 1 aliphatic rings. The molecule has 120 valence electrons. The number of hydrogen-bond acceptors (Lipinski definition) is 5. The van der Waals surface area contributed by atoms with Gasteiger partial charge in [-0.2, -0.15) is 0 Å². The first kappa shape index (κ1) is 16.9. The van der Waals surface area contributed by atoms with E-state index in [0.29, 0.717) is 10.8 Å². The first-order valence-corrected chi connectivity index (χ1v) is 9.98. The van der Waals surface area contributed by atoms with Gasteiger partial charge in [-0.3, -0.25) is 0 Å². The fraction of sp³-hybridized carbons (Fsp3) is 0.714. The molecule has 0 amide bonds. The number of hydrogen-bond donors (Lipinski definition) is 2. The molecule has 0 bridgehead atoms. The molecule has 21 heavy (non-hydrogen) atoms. The largest absolute Gasteiger partial charge is 0.313 e. The summed E-state index contributed by atoms with van der Waals surface area (Å²) in [6, 6.07) is 1.76. The Kier molecular flexibility index (Phi) is 6.63. The summed E-state index contributed by atoms with van der Waals surface area (Å²) in [4.78, 5) is 2.40. The van der Waals surface area contributed by atoms with Gasteiger partial charge in [-0.25, -0.2) is 13.1 Å². The van der Waals surface area contributed by atoms with Crippen LogP contribution in [0, 0.1) is 0 Å². The van der Waals surface area contributed by atoms with Gasteiger partial charge in [0.05, 0.1) is 0 Å². The van der Waals surface area contributed by atoms with Crippen molar-refractivity contribution in [1.29, 1.82) is 0 Å². The van der Waals surface area contributed by atoms with E-state index in [2.05, 4.69) is 14.9 Å². The highest BCUT2D eigenvalue weighted by atomic mass is 32.2. The highest BCUT2D eigenvalue weighted by molar-refractivity contribution is 7.91. The summed E-state index contributed by atoms with van der Waals surface area (Å²) in [6.07, 6.45) is 3.42. The second kappa shape index (κ2) is 8.24. The molecule has 1 aromatic heterocycles. The van der Waals surface area contributed by atoms with Gasteiger partial charge in [0.15, 0.2) is 0 Å². The van der Waals surface area contributed by atoms with Crippen LogP contribution in [0.4, 0.5) is 0 Å². The van der Waals surface area contributed by atoms with Crippen molar-refractivity contribution in [3.05, 3.63) is 17.0 Å². The van der Waals surface area contributed by atoms with Crippen LogP contribution in [0.25, 0.3) is 0 Å². The second-order valence-electron chi connectivity index (χ2n) is 5.35. The van der Waals surface area contributed by atoms with Crippen molar-refractivity contribution in [2.45, 2.75) is 36.9 Å². The lowest BCUT2D eigenvalue weighted by molar-refractivity contribution is 0.334.